The predicted molar refractivity (Wildman–Crippen MR) is 133 cm³/mol. The number of pyridine rings is 1. The third-order valence-corrected chi connectivity index (χ3v) is 5.16. The summed E-state index contributed by atoms with van der Waals surface area (Å²) in [6.07, 6.45) is 4.93. The molecular weight excluding hydrogens is 448 g/mol. The molecule has 3 N–H and O–H groups in total. The molecule has 12 heteroatoms. The molecule has 1 unspecified atom stereocenters. The Morgan fingerprint density at radius 3 is 2.46 bits per heavy atom. The summed E-state index contributed by atoms with van der Waals surface area (Å²) in [6.45, 7) is 6.51. The maximum atomic E-state index is 9.73. The van der Waals surface area contributed by atoms with Crippen molar-refractivity contribution in [3.05, 3.63) is 41.5 Å². The lowest BCUT2D eigenvalue weighted by molar-refractivity contribution is 0.197. The van der Waals surface area contributed by atoms with Crippen LogP contribution in [0.15, 0.2) is 46.1 Å². The Kier molecular flexibility index (Phi) is 9.85. The van der Waals surface area contributed by atoms with Crippen molar-refractivity contribution in [3.8, 4) is 6.07 Å². The molecular formula is C23H32N10O2. The van der Waals surface area contributed by atoms with Gasteiger partial charge in [0.05, 0.1) is 11.6 Å². The minimum Gasteiger partial charge on any atom is -0.385 e. The highest BCUT2D eigenvalue weighted by atomic mass is 16.5. The Morgan fingerprint density at radius 1 is 1.11 bits per heavy atom. The first-order valence-electron chi connectivity index (χ1n) is 11.5. The number of nitrogens with zero attached hydrogens (tertiary/aromatic N) is 7. The predicted octanol–water partition coefficient (Wildman–Crippen LogP) is 3.31. The van der Waals surface area contributed by atoms with Crippen molar-refractivity contribution in [1.29, 1.82) is 5.26 Å². The van der Waals surface area contributed by atoms with E-state index < -0.39 is 0 Å². The summed E-state index contributed by atoms with van der Waals surface area (Å²) < 4.78 is 10.3. The van der Waals surface area contributed by atoms with Gasteiger partial charge in [-0.25, -0.2) is 25.4 Å². The molecule has 1 aliphatic heterocycles. The highest BCUT2D eigenvalue weighted by Crippen LogP contribution is 2.32. The molecule has 0 bridgehead atoms. The van der Waals surface area contributed by atoms with Gasteiger partial charge in [0, 0.05) is 52.9 Å². The number of rotatable bonds is 13. The highest BCUT2D eigenvalue weighted by Gasteiger charge is 2.31. The first-order chi connectivity index (χ1) is 17.1. The van der Waals surface area contributed by atoms with Gasteiger partial charge in [0.25, 0.3) is 0 Å². The molecule has 35 heavy (non-hydrogen) atoms. The number of hydrogen-bond acceptors (Lipinski definition) is 12. The van der Waals surface area contributed by atoms with Crippen molar-refractivity contribution in [2.24, 2.45) is 10.2 Å². The molecule has 0 saturated carbocycles. The van der Waals surface area contributed by atoms with Crippen molar-refractivity contribution in [2.75, 3.05) is 56.2 Å². The zero-order chi connectivity index (χ0) is 25.0. The zero-order valence-electron chi connectivity index (χ0n) is 20.6. The number of aromatic nitrogens is 3. The van der Waals surface area contributed by atoms with Crippen LogP contribution in [0.3, 0.4) is 0 Å². The van der Waals surface area contributed by atoms with Gasteiger partial charge < -0.3 is 20.1 Å². The van der Waals surface area contributed by atoms with Crippen molar-refractivity contribution >= 4 is 23.3 Å². The number of ether oxygens (including phenoxy) is 2. The number of methoxy groups -OCH3 is 2. The van der Waals surface area contributed by atoms with E-state index in [0.717, 1.165) is 30.8 Å². The number of hydrogen-bond donors (Lipinski definition) is 3. The molecule has 0 aliphatic carbocycles. The average molecular weight is 481 g/mol. The lowest BCUT2D eigenvalue weighted by Gasteiger charge is -2.17. The van der Waals surface area contributed by atoms with Crippen molar-refractivity contribution in [1.82, 2.24) is 20.4 Å². The summed E-state index contributed by atoms with van der Waals surface area (Å²) in [7, 11) is 3.36. The van der Waals surface area contributed by atoms with E-state index in [-0.39, 0.29) is 6.04 Å². The maximum Gasteiger partial charge on any atom is 0.246 e. The Morgan fingerprint density at radius 2 is 1.80 bits per heavy atom. The first kappa shape index (κ1) is 26.0. The molecule has 12 nitrogen and oxygen atoms in total. The van der Waals surface area contributed by atoms with Gasteiger partial charge in [-0.1, -0.05) is 0 Å². The molecule has 2 aromatic rings. The standard InChI is InChI=1S/C23H32N10O2/c1-16-14-19(25-10-6-12-34-3)29-21(26-11-7-13-35-4)20(16)30-31-22-18(15-24)17(2)32-33(22)23-27-8-5-9-28-23/h5,8-9,14,17,32H,6-7,10-13H2,1-4H3,(H2,25,26,29). The lowest BCUT2D eigenvalue weighted by atomic mass is 10.2. The van der Waals surface area contributed by atoms with E-state index >= 15 is 0 Å². The first-order valence-corrected chi connectivity index (χ1v) is 11.5. The Hall–Kier alpha value is -3.66. The van der Waals surface area contributed by atoms with Crippen molar-refractivity contribution < 1.29 is 9.47 Å². The van der Waals surface area contributed by atoms with Gasteiger partial charge in [-0.15, -0.1) is 10.2 Å². The fourth-order valence-corrected chi connectivity index (χ4v) is 3.40. The van der Waals surface area contributed by atoms with Gasteiger partial charge in [0.15, 0.2) is 11.6 Å². The van der Waals surface area contributed by atoms with Crippen LogP contribution < -0.4 is 21.1 Å². The molecule has 3 rings (SSSR count). The molecule has 2 aromatic heterocycles. The lowest BCUT2D eigenvalue weighted by Crippen LogP contribution is -2.36. The minimum absolute atomic E-state index is 0.262. The summed E-state index contributed by atoms with van der Waals surface area (Å²) in [4.78, 5) is 13.3. The van der Waals surface area contributed by atoms with Crippen LogP contribution in [0.1, 0.15) is 25.3 Å². The largest absolute Gasteiger partial charge is 0.385 e. The van der Waals surface area contributed by atoms with Crippen LogP contribution in [0.2, 0.25) is 0 Å². The molecule has 186 valence electrons. The zero-order valence-corrected chi connectivity index (χ0v) is 20.6. The smallest absolute Gasteiger partial charge is 0.246 e. The molecule has 0 amide bonds. The minimum atomic E-state index is -0.262. The van der Waals surface area contributed by atoms with Crippen LogP contribution in [0, 0.1) is 18.3 Å². The van der Waals surface area contributed by atoms with Gasteiger partial charge in [-0.3, -0.25) is 0 Å². The van der Waals surface area contributed by atoms with E-state index in [4.69, 9.17) is 14.5 Å². The number of aryl methyl sites for hydroxylation is 1. The number of hydrazine groups is 1. The molecule has 0 fully saturated rings. The molecule has 1 atom stereocenters. The fourth-order valence-electron chi connectivity index (χ4n) is 3.40. The van der Waals surface area contributed by atoms with Crippen molar-refractivity contribution in [2.45, 2.75) is 32.7 Å². The van der Waals surface area contributed by atoms with E-state index in [1.165, 1.54) is 0 Å². The van der Waals surface area contributed by atoms with E-state index in [1.54, 1.807) is 37.7 Å². The quantitative estimate of drug-likeness (QED) is 0.288. The summed E-state index contributed by atoms with van der Waals surface area (Å²) in [6, 6.07) is 5.61. The third kappa shape index (κ3) is 6.92. The van der Waals surface area contributed by atoms with Crippen LogP contribution in [0.4, 0.5) is 23.3 Å². The third-order valence-electron chi connectivity index (χ3n) is 5.16. The second kappa shape index (κ2) is 13.3. The molecule has 0 spiro atoms. The number of anilines is 3. The number of nitriles is 1. The number of nitrogens with one attached hydrogen (secondary N) is 3. The summed E-state index contributed by atoms with van der Waals surface area (Å²) in [5.74, 6) is 2.05. The Labute approximate surface area is 205 Å². The van der Waals surface area contributed by atoms with E-state index in [9.17, 15) is 5.26 Å². The van der Waals surface area contributed by atoms with E-state index in [2.05, 4.69) is 42.3 Å². The molecule has 0 radical (unpaired) electrons. The summed E-state index contributed by atoms with van der Waals surface area (Å²) in [5, 5.41) is 26.9. The molecule has 1 aliphatic rings. The van der Waals surface area contributed by atoms with E-state index in [0.29, 0.717) is 48.6 Å². The monoisotopic (exact) mass is 480 g/mol. The highest BCUT2D eigenvalue weighted by molar-refractivity contribution is 5.68. The average Bonchev–Trinajstić information content (AvgIpc) is 3.19. The second-order valence-electron chi connectivity index (χ2n) is 7.85. The van der Waals surface area contributed by atoms with Gasteiger partial charge in [0.1, 0.15) is 17.6 Å². The van der Waals surface area contributed by atoms with Gasteiger partial charge in [0.2, 0.25) is 5.95 Å². The topological polar surface area (TPSA) is 145 Å². The van der Waals surface area contributed by atoms with Crippen LogP contribution in [-0.2, 0) is 9.47 Å². The van der Waals surface area contributed by atoms with Crippen molar-refractivity contribution in [3.63, 3.8) is 0 Å². The van der Waals surface area contributed by atoms with Gasteiger partial charge >= 0.3 is 0 Å². The van der Waals surface area contributed by atoms with Crippen LogP contribution in [0.5, 0.6) is 0 Å². The summed E-state index contributed by atoms with van der Waals surface area (Å²) in [5.41, 5.74) is 5.08. The molecule has 0 saturated heterocycles. The van der Waals surface area contributed by atoms with E-state index in [1.807, 2.05) is 19.9 Å². The number of azo groups is 1. The van der Waals surface area contributed by atoms with Crippen LogP contribution in [-0.4, -0.2) is 61.5 Å². The second-order valence-corrected chi connectivity index (χ2v) is 7.85. The Bertz CT molecular complexity index is 1070. The van der Waals surface area contributed by atoms with Gasteiger partial charge in [-0.2, -0.15) is 5.26 Å². The maximum absolute atomic E-state index is 9.73. The van der Waals surface area contributed by atoms with Crippen LogP contribution in [0.25, 0.3) is 0 Å². The molecule has 0 aromatic carbocycles. The molecule has 3 heterocycles. The summed E-state index contributed by atoms with van der Waals surface area (Å²) >= 11 is 0. The van der Waals surface area contributed by atoms with Gasteiger partial charge in [-0.05, 0) is 44.4 Å². The SMILES string of the molecule is COCCCNc1cc(C)c(N=NC2=C(C#N)C(C)NN2c2ncccn2)c(NCCCOC)n1. The Balaban J connectivity index is 1.91. The van der Waals surface area contributed by atoms with Crippen LogP contribution >= 0.6 is 0 Å². The fraction of sp³-hybridized carbons (Fsp3) is 0.478. The normalized spacial score (nSPS) is 15.6.